The lowest BCUT2D eigenvalue weighted by Gasteiger charge is -2.10. The lowest BCUT2D eigenvalue weighted by atomic mass is 10.0. The third-order valence-corrected chi connectivity index (χ3v) is 4.60. The lowest BCUT2D eigenvalue weighted by Crippen LogP contribution is -2.14. The summed E-state index contributed by atoms with van der Waals surface area (Å²) in [5.74, 6) is -1.51. The maximum Gasteiger partial charge on any atom is 0.306 e. The van der Waals surface area contributed by atoms with Gasteiger partial charge in [-0.2, -0.15) is 5.10 Å². The van der Waals surface area contributed by atoms with Crippen molar-refractivity contribution in [1.82, 2.24) is 14.8 Å². The maximum absolute atomic E-state index is 12.9. The van der Waals surface area contributed by atoms with Crippen molar-refractivity contribution in [2.24, 2.45) is 5.92 Å². The number of nitrogens with one attached hydrogen (secondary N) is 1. The highest BCUT2D eigenvalue weighted by Gasteiger charge is 2.17. The first-order valence-electron chi connectivity index (χ1n) is 9.24. The van der Waals surface area contributed by atoms with Gasteiger partial charge < -0.3 is 10.4 Å². The first-order chi connectivity index (χ1) is 13.3. The minimum atomic E-state index is -0.823. The van der Waals surface area contributed by atoms with E-state index in [-0.39, 0.29) is 11.9 Å². The molecule has 0 aliphatic heterocycles. The Bertz CT molecular complexity index is 1020. The molecule has 7 nitrogen and oxygen atoms in total. The molecule has 0 bridgehead atoms. The topological polar surface area (TPSA) is 97.1 Å². The van der Waals surface area contributed by atoms with Crippen molar-refractivity contribution in [3.63, 3.8) is 0 Å². The summed E-state index contributed by atoms with van der Waals surface area (Å²) in [5, 5.41) is 17.0. The van der Waals surface area contributed by atoms with E-state index in [1.165, 1.54) is 0 Å². The van der Waals surface area contributed by atoms with Crippen molar-refractivity contribution in [2.75, 3.05) is 5.32 Å². The van der Waals surface area contributed by atoms with Gasteiger partial charge in [0, 0.05) is 17.4 Å². The molecule has 1 atom stereocenters. The zero-order valence-electron chi connectivity index (χ0n) is 16.4. The van der Waals surface area contributed by atoms with Gasteiger partial charge in [0.05, 0.1) is 23.1 Å². The van der Waals surface area contributed by atoms with Crippen molar-refractivity contribution in [2.45, 2.75) is 40.2 Å². The quantitative estimate of drug-likeness (QED) is 0.677. The van der Waals surface area contributed by atoms with E-state index in [1.54, 1.807) is 36.0 Å². The van der Waals surface area contributed by atoms with Crippen molar-refractivity contribution in [3.8, 4) is 0 Å². The number of rotatable bonds is 6. The SMILES string of the molecule is Cc1cc(C(=O)Nc2ccc(CC(C)C(=O)O)cc2)c2cnn(C(C)C)c2n1. The van der Waals surface area contributed by atoms with Gasteiger partial charge in [-0.15, -0.1) is 0 Å². The molecular formula is C21H24N4O3. The molecule has 0 saturated carbocycles. The summed E-state index contributed by atoms with van der Waals surface area (Å²) < 4.78 is 1.80. The molecule has 2 heterocycles. The molecule has 3 rings (SSSR count). The normalized spacial score (nSPS) is 12.3. The summed E-state index contributed by atoms with van der Waals surface area (Å²) in [6.45, 7) is 7.56. The van der Waals surface area contributed by atoms with Crippen molar-refractivity contribution >= 4 is 28.6 Å². The van der Waals surface area contributed by atoms with Gasteiger partial charge in [0.2, 0.25) is 0 Å². The summed E-state index contributed by atoms with van der Waals surface area (Å²) in [5.41, 5.74) is 3.53. The first-order valence-corrected chi connectivity index (χ1v) is 9.24. The molecule has 146 valence electrons. The Morgan fingerprint density at radius 3 is 2.46 bits per heavy atom. The average molecular weight is 380 g/mol. The van der Waals surface area contributed by atoms with Gasteiger partial charge in [-0.1, -0.05) is 19.1 Å². The summed E-state index contributed by atoms with van der Waals surface area (Å²) in [6.07, 6.45) is 2.12. The first kappa shape index (κ1) is 19.5. The van der Waals surface area contributed by atoms with Crippen LogP contribution in [0.4, 0.5) is 5.69 Å². The zero-order chi connectivity index (χ0) is 20.4. The number of hydrogen-bond donors (Lipinski definition) is 2. The smallest absolute Gasteiger partial charge is 0.306 e. The van der Waals surface area contributed by atoms with E-state index >= 15 is 0 Å². The number of benzene rings is 1. The number of carbonyl (C=O) groups is 2. The highest BCUT2D eigenvalue weighted by atomic mass is 16.4. The number of aryl methyl sites for hydroxylation is 1. The van der Waals surface area contributed by atoms with Gasteiger partial charge in [0.25, 0.3) is 5.91 Å². The van der Waals surface area contributed by atoms with Crippen LogP contribution < -0.4 is 5.32 Å². The highest BCUT2D eigenvalue weighted by Crippen LogP contribution is 2.22. The van der Waals surface area contributed by atoms with E-state index in [0.29, 0.717) is 28.7 Å². The van der Waals surface area contributed by atoms with Crippen LogP contribution in [0.2, 0.25) is 0 Å². The molecule has 0 aliphatic carbocycles. The van der Waals surface area contributed by atoms with E-state index in [9.17, 15) is 9.59 Å². The number of nitrogens with zero attached hydrogens (tertiary/aromatic N) is 3. The van der Waals surface area contributed by atoms with Gasteiger partial charge in [-0.3, -0.25) is 9.59 Å². The molecule has 1 unspecified atom stereocenters. The molecule has 1 aromatic carbocycles. The van der Waals surface area contributed by atoms with Gasteiger partial charge in [-0.25, -0.2) is 9.67 Å². The Kier molecular flexibility index (Phi) is 5.44. The Hall–Kier alpha value is -3.22. The van der Waals surface area contributed by atoms with Gasteiger partial charge >= 0.3 is 5.97 Å². The third kappa shape index (κ3) is 4.03. The third-order valence-electron chi connectivity index (χ3n) is 4.60. The molecule has 2 N–H and O–H groups in total. The molecule has 0 fully saturated rings. The van der Waals surface area contributed by atoms with Crippen LogP contribution in [0, 0.1) is 12.8 Å². The van der Waals surface area contributed by atoms with E-state index in [1.807, 2.05) is 32.9 Å². The molecule has 0 spiro atoms. The number of pyridine rings is 1. The van der Waals surface area contributed by atoms with Gasteiger partial charge in [0.1, 0.15) is 0 Å². The zero-order valence-corrected chi connectivity index (χ0v) is 16.4. The van der Waals surface area contributed by atoms with Crippen LogP contribution in [-0.4, -0.2) is 31.7 Å². The second kappa shape index (κ2) is 7.80. The number of aromatic nitrogens is 3. The Labute approximate surface area is 163 Å². The number of amides is 1. The van der Waals surface area contributed by atoms with Crippen molar-refractivity contribution < 1.29 is 14.7 Å². The van der Waals surface area contributed by atoms with Crippen LogP contribution in [0.15, 0.2) is 36.5 Å². The highest BCUT2D eigenvalue weighted by molar-refractivity contribution is 6.12. The van der Waals surface area contributed by atoms with Crippen LogP contribution in [-0.2, 0) is 11.2 Å². The summed E-state index contributed by atoms with van der Waals surface area (Å²) in [7, 11) is 0. The largest absolute Gasteiger partial charge is 0.481 e. The second-order valence-corrected chi connectivity index (χ2v) is 7.33. The molecule has 0 radical (unpaired) electrons. The number of carboxylic acids is 1. The van der Waals surface area contributed by atoms with Gasteiger partial charge in [0.15, 0.2) is 5.65 Å². The minimum Gasteiger partial charge on any atom is -0.481 e. The Balaban J connectivity index is 1.82. The molecule has 3 aromatic rings. The number of fused-ring (bicyclic) bond motifs is 1. The Morgan fingerprint density at radius 2 is 1.86 bits per heavy atom. The van der Waals surface area contributed by atoms with Gasteiger partial charge in [-0.05, 0) is 51.0 Å². The van der Waals surface area contributed by atoms with E-state index in [0.717, 1.165) is 11.3 Å². The molecule has 0 aliphatic rings. The van der Waals surface area contributed by atoms with Crippen LogP contribution >= 0.6 is 0 Å². The Morgan fingerprint density at radius 1 is 1.18 bits per heavy atom. The van der Waals surface area contributed by atoms with Crippen LogP contribution in [0.25, 0.3) is 11.0 Å². The number of hydrogen-bond acceptors (Lipinski definition) is 4. The summed E-state index contributed by atoms with van der Waals surface area (Å²) in [4.78, 5) is 28.4. The average Bonchev–Trinajstić information content (AvgIpc) is 3.06. The number of carboxylic acid groups (broad SMARTS) is 1. The standard InChI is InChI=1S/C21H24N4O3/c1-12(2)25-19-18(11-22-25)17(10-14(4)23-19)20(26)24-16-7-5-15(6-8-16)9-13(3)21(27)28/h5-8,10-13H,9H2,1-4H3,(H,24,26)(H,27,28). The number of anilines is 1. The molecule has 2 aromatic heterocycles. The van der Waals surface area contributed by atoms with Crippen molar-refractivity contribution in [1.29, 1.82) is 0 Å². The van der Waals surface area contributed by atoms with Crippen LogP contribution in [0.5, 0.6) is 0 Å². The number of carbonyl (C=O) groups excluding carboxylic acids is 1. The fraction of sp³-hybridized carbons (Fsp3) is 0.333. The number of aliphatic carboxylic acids is 1. The van der Waals surface area contributed by atoms with Crippen LogP contribution in [0.1, 0.15) is 48.4 Å². The van der Waals surface area contributed by atoms with Crippen molar-refractivity contribution in [3.05, 3.63) is 53.3 Å². The lowest BCUT2D eigenvalue weighted by molar-refractivity contribution is -0.141. The van der Waals surface area contributed by atoms with E-state index in [4.69, 9.17) is 5.11 Å². The fourth-order valence-corrected chi connectivity index (χ4v) is 3.07. The molecule has 7 heteroatoms. The monoisotopic (exact) mass is 380 g/mol. The summed E-state index contributed by atoms with van der Waals surface area (Å²) >= 11 is 0. The summed E-state index contributed by atoms with van der Waals surface area (Å²) in [6, 6.07) is 9.13. The predicted octanol–water partition coefficient (Wildman–Crippen LogP) is 3.84. The molecular weight excluding hydrogens is 356 g/mol. The predicted molar refractivity (Wildman–Crippen MR) is 108 cm³/mol. The second-order valence-electron chi connectivity index (χ2n) is 7.33. The van der Waals surface area contributed by atoms with E-state index < -0.39 is 11.9 Å². The fourth-order valence-electron chi connectivity index (χ4n) is 3.07. The molecule has 28 heavy (non-hydrogen) atoms. The molecule has 1 amide bonds. The minimum absolute atomic E-state index is 0.142. The molecule has 0 saturated heterocycles. The maximum atomic E-state index is 12.9. The van der Waals surface area contributed by atoms with E-state index in [2.05, 4.69) is 15.4 Å². The van der Waals surface area contributed by atoms with Crippen LogP contribution in [0.3, 0.4) is 0 Å².